The van der Waals surface area contributed by atoms with Crippen LogP contribution >= 0.6 is 0 Å². The molecule has 0 saturated carbocycles. The topological polar surface area (TPSA) is 70.6 Å². The van der Waals surface area contributed by atoms with Crippen molar-refractivity contribution in [2.75, 3.05) is 25.0 Å². The third-order valence-corrected chi connectivity index (χ3v) is 4.30. The van der Waals surface area contributed by atoms with Gasteiger partial charge in [-0.15, -0.1) is 0 Å². The van der Waals surface area contributed by atoms with Gasteiger partial charge in [-0.2, -0.15) is 0 Å². The van der Waals surface area contributed by atoms with Gasteiger partial charge in [0.15, 0.2) is 0 Å². The number of ether oxygens (including phenoxy) is 1. The summed E-state index contributed by atoms with van der Waals surface area (Å²) in [7, 11) is 0. The van der Waals surface area contributed by atoms with Crippen LogP contribution in [0.15, 0.2) is 18.2 Å². The first-order valence-corrected chi connectivity index (χ1v) is 7.07. The van der Waals surface area contributed by atoms with Gasteiger partial charge in [-0.1, -0.05) is 6.07 Å². The van der Waals surface area contributed by atoms with Crippen LogP contribution in [0.4, 0.5) is 5.69 Å². The first-order chi connectivity index (χ1) is 9.58. The minimum absolute atomic E-state index is 0.158. The van der Waals surface area contributed by atoms with Crippen molar-refractivity contribution in [2.24, 2.45) is 0 Å². The van der Waals surface area contributed by atoms with Gasteiger partial charge in [0.25, 0.3) is 5.91 Å². The van der Waals surface area contributed by atoms with Crippen molar-refractivity contribution in [3.05, 3.63) is 29.3 Å². The smallest absolute Gasteiger partial charge is 0.251 e. The fourth-order valence-corrected chi connectivity index (χ4v) is 2.77. The zero-order valence-corrected chi connectivity index (χ0v) is 11.6. The van der Waals surface area contributed by atoms with Crippen molar-refractivity contribution in [1.29, 1.82) is 0 Å². The predicted molar refractivity (Wildman–Crippen MR) is 75.9 cm³/mol. The maximum atomic E-state index is 12.2. The predicted octanol–water partition coefficient (Wildman–Crippen LogP) is 0.924. The monoisotopic (exact) mass is 276 g/mol. The molecule has 20 heavy (non-hydrogen) atoms. The fraction of sp³-hybridized carbons (Fsp3) is 0.533. The Morgan fingerprint density at radius 1 is 1.60 bits per heavy atom. The number of amides is 1. The number of anilines is 1. The van der Waals surface area contributed by atoms with Gasteiger partial charge in [0, 0.05) is 37.4 Å². The number of nitrogens with one attached hydrogen (secondary N) is 2. The van der Waals surface area contributed by atoms with Gasteiger partial charge in [0.1, 0.15) is 5.60 Å². The molecular formula is C15H20N2O3. The summed E-state index contributed by atoms with van der Waals surface area (Å²) in [4.78, 5) is 12.2. The molecule has 2 aliphatic rings. The Hall–Kier alpha value is -1.59. The van der Waals surface area contributed by atoms with Crippen LogP contribution in [0.2, 0.25) is 0 Å². The number of hydrogen-bond acceptors (Lipinski definition) is 4. The second-order valence-electron chi connectivity index (χ2n) is 5.60. The van der Waals surface area contributed by atoms with Gasteiger partial charge in [0.05, 0.1) is 6.10 Å². The molecule has 2 aliphatic heterocycles. The normalized spacial score (nSPS) is 28.0. The average molecular weight is 276 g/mol. The van der Waals surface area contributed by atoms with Crippen molar-refractivity contribution in [1.82, 2.24) is 5.32 Å². The summed E-state index contributed by atoms with van der Waals surface area (Å²) < 4.78 is 5.36. The molecule has 1 aromatic rings. The minimum Gasteiger partial charge on any atom is -0.385 e. The van der Waals surface area contributed by atoms with Crippen LogP contribution in [-0.2, 0) is 11.2 Å². The van der Waals surface area contributed by atoms with E-state index >= 15 is 0 Å². The second kappa shape index (κ2) is 5.07. The molecule has 1 aromatic carbocycles. The van der Waals surface area contributed by atoms with E-state index in [4.69, 9.17) is 4.74 Å². The van der Waals surface area contributed by atoms with Crippen molar-refractivity contribution >= 4 is 11.6 Å². The highest BCUT2D eigenvalue weighted by Crippen LogP contribution is 2.25. The Labute approximate surface area is 118 Å². The highest BCUT2D eigenvalue weighted by Gasteiger charge is 2.39. The molecule has 2 heterocycles. The molecule has 0 radical (unpaired) electrons. The lowest BCUT2D eigenvalue weighted by Crippen LogP contribution is -2.47. The minimum atomic E-state index is -0.954. The van der Waals surface area contributed by atoms with Crippen molar-refractivity contribution in [3.8, 4) is 0 Å². The summed E-state index contributed by atoms with van der Waals surface area (Å²) in [6, 6.07) is 5.69. The molecule has 1 amide bonds. The zero-order valence-electron chi connectivity index (χ0n) is 11.6. The Morgan fingerprint density at radius 3 is 3.20 bits per heavy atom. The summed E-state index contributed by atoms with van der Waals surface area (Å²) in [6.07, 6.45) is 1.32. The van der Waals surface area contributed by atoms with E-state index in [9.17, 15) is 9.90 Å². The number of hydrogen-bond donors (Lipinski definition) is 3. The van der Waals surface area contributed by atoms with Gasteiger partial charge in [-0.05, 0) is 31.0 Å². The number of carbonyl (C=O) groups excluding carboxylic acids is 1. The van der Waals surface area contributed by atoms with Crippen LogP contribution < -0.4 is 10.6 Å². The van der Waals surface area contributed by atoms with Gasteiger partial charge in [0.2, 0.25) is 0 Å². The molecule has 2 unspecified atom stereocenters. The van der Waals surface area contributed by atoms with E-state index < -0.39 is 5.60 Å². The van der Waals surface area contributed by atoms with Crippen LogP contribution in [-0.4, -0.2) is 42.4 Å². The van der Waals surface area contributed by atoms with E-state index in [2.05, 4.69) is 10.6 Å². The lowest BCUT2D eigenvalue weighted by molar-refractivity contribution is -0.0251. The third-order valence-electron chi connectivity index (χ3n) is 4.30. The number of benzene rings is 1. The quantitative estimate of drug-likeness (QED) is 0.768. The molecule has 0 bridgehead atoms. The lowest BCUT2D eigenvalue weighted by Gasteiger charge is -2.26. The molecule has 3 N–H and O–H groups in total. The highest BCUT2D eigenvalue weighted by atomic mass is 16.5. The van der Waals surface area contributed by atoms with E-state index in [1.807, 2.05) is 25.1 Å². The van der Waals surface area contributed by atoms with Crippen molar-refractivity contribution in [3.63, 3.8) is 0 Å². The van der Waals surface area contributed by atoms with E-state index in [1.54, 1.807) is 0 Å². The molecule has 0 aliphatic carbocycles. The second-order valence-corrected chi connectivity index (χ2v) is 5.60. The van der Waals surface area contributed by atoms with Crippen LogP contribution in [0.5, 0.6) is 0 Å². The van der Waals surface area contributed by atoms with Crippen LogP contribution in [0.1, 0.15) is 29.3 Å². The zero-order chi connectivity index (χ0) is 14.2. The summed E-state index contributed by atoms with van der Waals surface area (Å²) >= 11 is 0. The first kappa shape index (κ1) is 13.4. The van der Waals surface area contributed by atoms with Crippen LogP contribution in [0.25, 0.3) is 0 Å². The third kappa shape index (κ3) is 2.39. The fourth-order valence-electron chi connectivity index (χ4n) is 2.77. The van der Waals surface area contributed by atoms with E-state index in [-0.39, 0.29) is 18.6 Å². The number of rotatable bonds is 3. The molecule has 5 nitrogen and oxygen atoms in total. The Bertz CT molecular complexity index is 532. The van der Waals surface area contributed by atoms with Gasteiger partial charge >= 0.3 is 0 Å². The van der Waals surface area contributed by atoms with Gasteiger partial charge < -0.3 is 20.5 Å². The molecule has 0 spiro atoms. The van der Waals surface area contributed by atoms with Crippen molar-refractivity contribution in [2.45, 2.75) is 31.5 Å². The molecular weight excluding hydrogens is 256 g/mol. The number of carbonyl (C=O) groups is 1. The maximum absolute atomic E-state index is 12.2. The summed E-state index contributed by atoms with van der Waals surface area (Å²) in [6.45, 7) is 3.52. The Balaban J connectivity index is 1.65. The van der Waals surface area contributed by atoms with E-state index in [0.717, 1.165) is 18.7 Å². The van der Waals surface area contributed by atoms with E-state index in [0.29, 0.717) is 18.6 Å². The van der Waals surface area contributed by atoms with E-state index in [1.165, 1.54) is 5.56 Å². The standard InChI is InChI=1S/C15H20N2O3/c1-10-15(19,5-7-20-10)9-17-14(18)12-3-2-11-4-6-16-13(11)8-12/h2-3,8,10,16,19H,4-7,9H2,1H3,(H,17,18). The highest BCUT2D eigenvalue weighted by molar-refractivity contribution is 5.95. The molecule has 5 heteroatoms. The summed E-state index contributed by atoms with van der Waals surface area (Å²) in [5, 5.41) is 16.4. The molecule has 2 atom stereocenters. The van der Waals surface area contributed by atoms with Crippen LogP contribution in [0.3, 0.4) is 0 Å². The summed E-state index contributed by atoms with van der Waals surface area (Å²) in [5.41, 5.74) is 1.95. The first-order valence-electron chi connectivity index (χ1n) is 7.07. The number of aliphatic hydroxyl groups is 1. The molecule has 3 rings (SSSR count). The number of fused-ring (bicyclic) bond motifs is 1. The Morgan fingerprint density at radius 2 is 2.45 bits per heavy atom. The molecule has 108 valence electrons. The molecule has 1 saturated heterocycles. The van der Waals surface area contributed by atoms with Crippen molar-refractivity contribution < 1.29 is 14.6 Å². The molecule has 1 fully saturated rings. The SMILES string of the molecule is CC1OCCC1(O)CNC(=O)c1ccc2c(c1)NCC2. The van der Waals surface area contributed by atoms with Crippen LogP contribution in [0, 0.1) is 0 Å². The largest absolute Gasteiger partial charge is 0.385 e. The van der Waals surface area contributed by atoms with Gasteiger partial charge in [-0.25, -0.2) is 0 Å². The molecule has 0 aromatic heterocycles. The summed E-state index contributed by atoms with van der Waals surface area (Å²) in [5.74, 6) is -0.158. The van der Waals surface area contributed by atoms with Gasteiger partial charge in [-0.3, -0.25) is 4.79 Å². The Kier molecular flexibility index (Phi) is 3.40. The average Bonchev–Trinajstić information content (AvgIpc) is 3.03. The lowest BCUT2D eigenvalue weighted by atomic mass is 9.96. The maximum Gasteiger partial charge on any atom is 0.251 e.